The molecule has 0 aliphatic rings. The van der Waals surface area contributed by atoms with Gasteiger partial charge in [0.15, 0.2) is 17.1 Å². The number of aryl methyl sites for hydroxylation is 3. The minimum absolute atomic E-state index is 0. The fraction of sp³-hybridized carbons (Fsp3) is 0.327. The van der Waals surface area contributed by atoms with Crippen LogP contribution in [0, 0.1) is 20.8 Å². The van der Waals surface area contributed by atoms with Gasteiger partial charge < -0.3 is 50.6 Å². The molecule has 0 radical (unpaired) electrons. The van der Waals surface area contributed by atoms with Gasteiger partial charge in [-0.15, -0.1) is 12.4 Å². The maximum absolute atomic E-state index is 12.1. The second-order valence-corrected chi connectivity index (χ2v) is 14.8. The topological polar surface area (TPSA) is 302 Å². The van der Waals surface area contributed by atoms with Gasteiger partial charge in [0, 0.05) is 31.2 Å². The maximum Gasteiger partial charge on any atom is 1.00 e. The van der Waals surface area contributed by atoms with E-state index in [1.807, 2.05) is 68.4 Å². The van der Waals surface area contributed by atoms with E-state index in [-0.39, 0.29) is 55.0 Å². The van der Waals surface area contributed by atoms with E-state index in [1.54, 1.807) is 81.2 Å². The molecule has 3 aromatic heterocycles. The van der Waals surface area contributed by atoms with Gasteiger partial charge in [-0.05, 0) is 127 Å². The summed E-state index contributed by atoms with van der Waals surface area (Å²) < 4.78 is 28.4. The fourth-order valence-corrected chi connectivity index (χ4v) is 6.29. The molecule has 6 rings (SSSR count). The quantitative estimate of drug-likeness (QED) is 0.0420. The van der Waals surface area contributed by atoms with Crippen molar-refractivity contribution in [3.63, 3.8) is 0 Å². The summed E-state index contributed by atoms with van der Waals surface area (Å²) in [7, 11) is 0. The van der Waals surface area contributed by atoms with Crippen molar-refractivity contribution in [3.05, 3.63) is 142 Å². The van der Waals surface area contributed by atoms with Crippen molar-refractivity contribution in [1.29, 1.82) is 0 Å². The Morgan fingerprint density at radius 1 is 0.541 bits per heavy atom. The number of hydrogen-bond acceptors (Lipinski definition) is 16. The molecule has 0 saturated carbocycles. The number of amides is 2. The summed E-state index contributed by atoms with van der Waals surface area (Å²) in [5.74, 6) is -1.84. The van der Waals surface area contributed by atoms with Gasteiger partial charge in [-0.1, -0.05) is 36.4 Å². The molecule has 22 nitrogen and oxygen atoms in total. The third kappa shape index (κ3) is 21.9. The summed E-state index contributed by atoms with van der Waals surface area (Å²) in [6.07, 6.45) is -0.959. The molecule has 0 fully saturated rings. The number of carbonyl (C=O) groups excluding carboxylic acids is 5. The first kappa shape index (κ1) is 66.8. The summed E-state index contributed by atoms with van der Waals surface area (Å²) in [6, 6.07) is 27.0. The smallest absolute Gasteiger partial charge is 0.870 e. The first-order chi connectivity index (χ1) is 34.0. The van der Waals surface area contributed by atoms with Gasteiger partial charge >= 0.3 is 54.4 Å². The minimum atomic E-state index is -1.05. The van der Waals surface area contributed by atoms with Crippen LogP contribution in [0.25, 0.3) is 17.1 Å². The number of hydrogen-bond donors (Lipinski definition) is 4. The van der Waals surface area contributed by atoms with Crippen molar-refractivity contribution in [2.24, 2.45) is 5.73 Å². The first-order valence-corrected chi connectivity index (χ1v) is 22.7. The molecule has 0 aliphatic heterocycles. The number of carboxylic acids is 1. The van der Waals surface area contributed by atoms with E-state index in [9.17, 15) is 33.9 Å². The number of alkyl carbamates (subject to hydrolysis) is 2. The molecule has 6 aromatic rings. The summed E-state index contributed by atoms with van der Waals surface area (Å²) in [6.45, 7) is 16.8. The standard InChI is InChI=1S/C17H21N3O4.C15H17N3O4.C14H17N3O2.C3H5ClO2.ClH.Li.H2O/c1-4-23-16(21)15-9-12(3)19-20(15)14-8-6-7-13(10-14)11-18-17(22)24-5-2;1-3-22-15(21)16-9-11-5-4-6-12(8-11)18-13(14(19)20)7-10(2)17-18;1-3-19-14(18)13-7-10(2)16-17(13)12-6-4-5-11(8-12)9-15;1-2-6-3(4)5;;;/h6-10H,4-5,11H2,1-3H3,(H,18,22);4-8H,3,9H2,1-2H3,(H,16,21)(H,19,20);4-8H,3,9,15H2,1-2H3;2H2,1H3;1H;;1H2/q;;;;;+1;/p-1. The van der Waals surface area contributed by atoms with E-state index >= 15 is 0 Å². The predicted molar refractivity (Wildman–Crippen MR) is 271 cm³/mol. The van der Waals surface area contributed by atoms with Gasteiger partial charge in [0.25, 0.3) is 0 Å². The van der Waals surface area contributed by atoms with Crippen LogP contribution < -0.4 is 35.2 Å². The third-order valence-electron chi connectivity index (χ3n) is 9.07. The zero-order valence-corrected chi connectivity index (χ0v) is 44.3. The average molecular weight is 1060 g/mol. The Balaban J connectivity index is 0.00000101. The van der Waals surface area contributed by atoms with Crippen molar-refractivity contribution in [2.75, 3.05) is 33.0 Å². The maximum atomic E-state index is 12.1. The molecule has 0 aliphatic carbocycles. The number of benzene rings is 3. The van der Waals surface area contributed by atoms with Crippen molar-refractivity contribution in [1.82, 2.24) is 40.0 Å². The number of aromatic carboxylic acids is 1. The van der Waals surface area contributed by atoms with E-state index in [0.717, 1.165) is 28.1 Å². The van der Waals surface area contributed by atoms with Crippen molar-refractivity contribution < 1.29 is 81.9 Å². The zero-order chi connectivity index (χ0) is 52.5. The van der Waals surface area contributed by atoms with Gasteiger partial charge in [-0.25, -0.2) is 42.8 Å². The Labute approximate surface area is 452 Å². The molecule has 3 heterocycles. The van der Waals surface area contributed by atoms with E-state index < -0.39 is 29.6 Å². The molecule has 0 unspecified atom stereocenters. The van der Waals surface area contributed by atoms with Crippen LogP contribution in [0.1, 0.15) is 99.9 Å². The number of ether oxygens (including phenoxy) is 5. The van der Waals surface area contributed by atoms with Crippen molar-refractivity contribution in [3.8, 4) is 17.1 Å². The Morgan fingerprint density at radius 2 is 0.865 bits per heavy atom. The summed E-state index contributed by atoms with van der Waals surface area (Å²) in [5.41, 5.74) is 12.7. The molecule has 6 N–H and O–H groups in total. The number of carbonyl (C=O) groups is 6. The normalized spacial score (nSPS) is 9.70. The molecule has 0 spiro atoms. The predicted octanol–water partition coefficient (Wildman–Crippen LogP) is 5.18. The second kappa shape index (κ2) is 35.0. The van der Waals surface area contributed by atoms with E-state index in [1.165, 1.54) is 10.7 Å². The molecule has 3 aromatic carbocycles. The number of aromatic nitrogens is 6. The summed E-state index contributed by atoms with van der Waals surface area (Å²) in [4.78, 5) is 67.5. The largest absolute Gasteiger partial charge is 1.00 e. The molecule has 396 valence electrons. The third-order valence-corrected chi connectivity index (χ3v) is 9.18. The van der Waals surface area contributed by atoms with Crippen LogP contribution in [0.15, 0.2) is 91.0 Å². The van der Waals surface area contributed by atoms with Crippen LogP contribution in [0.4, 0.5) is 14.4 Å². The molecular weight excluding hydrogens is 1000 g/mol. The van der Waals surface area contributed by atoms with Crippen LogP contribution in [0.3, 0.4) is 0 Å². The van der Waals surface area contributed by atoms with Crippen LogP contribution >= 0.6 is 24.0 Å². The van der Waals surface area contributed by atoms with Crippen LogP contribution in [0.5, 0.6) is 0 Å². The number of carboxylic acid groups (broad SMARTS) is 1. The fourth-order valence-electron chi connectivity index (χ4n) is 6.18. The molecule has 74 heavy (non-hydrogen) atoms. The summed E-state index contributed by atoms with van der Waals surface area (Å²) >= 11 is 4.72. The van der Waals surface area contributed by atoms with Crippen LogP contribution in [-0.2, 0) is 43.3 Å². The van der Waals surface area contributed by atoms with Crippen molar-refractivity contribution >= 4 is 59.5 Å². The minimum Gasteiger partial charge on any atom is -0.870 e. The molecular formula is C49H62Cl2LiN9O13. The molecule has 2 amide bonds. The van der Waals surface area contributed by atoms with Gasteiger partial charge in [-0.3, -0.25) is 0 Å². The monoisotopic (exact) mass is 1060 g/mol. The SMILES string of the molecule is CCOC(=O)Cl.CCOC(=O)NCc1cccc(-n2nc(C)cc2C(=O)O)c1.CCOC(=O)NCc1cccc(-n2nc(C)cc2C(=O)OCC)c1.CCOC(=O)c1cc(C)nn1-c1cccc(CN)c1.Cl.[Li+].[OH-]. The Hall–Kier alpha value is -7.19. The average Bonchev–Trinajstić information content (AvgIpc) is 4.07. The van der Waals surface area contributed by atoms with Crippen molar-refractivity contribution in [2.45, 2.75) is 75.0 Å². The van der Waals surface area contributed by atoms with Gasteiger partial charge in [0.05, 0.1) is 67.2 Å². The first-order valence-electron chi connectivity index (χ1n) is 22.4. The Morgan fingerprint density at radius 3 is 1.18 bits per heavy atom. The van der Waals surface area contributed by atoms with Crippen LogP contribution in [0.2, 0.25) is 0 Å². The molecule has 25 heteroatoms. The number of halogens is 2. The number of nitrogens with one attached hydrogen (secondary N) is 2. The molecule has 0 saturated heterocycles. The number of esters is 2. The zero-order valence-electron chi connectivity index (χ0n) is 42.7. The number of nitrogens with zero attached hydrogens (tertiary/aromatic N) is 6. The van der Waals surface area contributed by atoms with Crippen LogP contribution in [-0.4, -0.2) is 108 Å². The number of rotatable bonds is 16. The van der Waals surface area contributed by atoms with E-state index in [2.05, 4.69) is 30.7 Å². The van der Waals surface area contributed by atoms with Gasteiger partial charge in [0.2, 0.25) is 0 Å². The Bertz CT molecular complexity index is 2730. The summed E-state index contributed by atoms with van der Waals surface area (Å²) in [5, 5.41) is 27.4. The van der Waals surface area contributed by atoms with E-state index in [0.29, 0.717) is 80.3 Å². The number of nitrogens with two attached hydrogens (primary N) is 1. The second-order valence-electron chi connectivity index (χ2n) is 14.5. The van der Waals surface area contributed by atoms with Gasteiger partial charge in [-0.2, -0.15) is 15.3 Å². The Kier molecular flexibility index (Phi) is 31.6. The van der Waals surface area contributed by atoms with Gasteiger partial charge in [0.1, 0.15) is 0 Å². The van der Waals surface area contributed by atoms with E-state index in [4.69, 9.17) is 36.3 Å². The molecule has 0 atom stereocenters. The molecule has 0 bridgehead atoms.